The third-order valence-electron chi connectivity index (χ3n) is 4.85. The van der Waals surface area contributed by atoms with Gasteiger partial charge in [-0.25, -0.2) is 0 Å². The molecule has 0 aromatic heterocycles. The molecule has 0 saturated carbocycles. The van der Waals surface area contributed by atoms with E-state index in [0.717, 1.165) is 26.1 Å². The summed E-state index contributed by atoms with van der Waals surface area (Å²) in [7, 11) is 2.17. The molecule has 1 N–H and O–H groups in total. The van der Waals surface area contributed by atoms with Crippen LogP contribution in [0.15, 0.2) is 18.2 Å². The largest absolute Gasteiger partial charge is 0.377 e. The van der Waals surface area contributed by atoms with Gasteiger partial charge in [0.25, 0.3) is 0 Å². The minimum Gasteiger partial charge on any atom is -0.377 e. The lowest BCUT2D eigenvalue weighted by atomic mass is 9.94. The second-order valence-corrected chi connectivity index (χ2v) is 6.17. The molecule has 1 fully saturated rings. The lowest BCUT2D eigenvalue weighted by molar-refractivity contribution is 0.0881. The molecule has 2 atom stereocenters. The van der Waals surface area contributed by atoms with E-state index >= 15 is 0 Å². The highest BCUT2D eigenvalue weighted by atomic mass is 16.5. The number of rotatable bonds is 3. The van der Waals surface area contributed by atoms with E-state index in [0.29, 0.717) is 6.10 Å². The van der Waals surface area contributed by atoms with Gasteiger partial charge in [0.05, 0.1) is 6.10 Å². The molecule has 1 aromatic carbocycles. The summed E-state index contributed by atoms with van der Waals surface area (Å²) in [4.78, 5) is 2.33. The Morgan fingerprint density at radius 3 is 3.05 bits per heavy atom. The molecule has 3 rings (SSSR count). The zero-order valence-corrected chi connectivity index (χ0v) is 12.2. The van der Waals surface area contributed by atoms with E-state index in [4.69, 9.17) is 4.74 Å². The Hall–Kier alpha value is -1.06. The monoisotopic (exact) mass is 260 g/mol. The fourth-order valence-corrected chi connectivity index (χ4v) is 3.10. The second-order valence-electron chi connectivity index (χ2n) is 6.17. The fourth-order valence-electron chi connectivity index (χ4n) is 3.10. The number of anilines is 1. The molecule has 0 radical (unpaired) electrons. The molecule has 1 aromatic rings. The SMILES string of the molecule is CC1OCCC1(C)NCc1ccc2c(c1)CCN2C. The fraction of sp³-hybridized carbons (Fsp3) is 0.625. The third-order valence-corrected chi connectivity index (χ3v) is 4.85. The number of nitrogens with one attached hydrogen (secondary N) is 1. The van der Waals surface area contributed by atoms with Gasteiger partial charge in [0.1, 0.15) is 0 Å². The second kappa shape index (κ2) is 4.80. The average molecular weight is 260 g/mol. The first-order valence-electron chi connectivity index (χ1n) is 7.28. The van der Waals surface area contributed by atoms with Gasteiger partial charge in [0.15, 0.2) is 0 Å². The Labute approximate surface area is 115 Å². The van der Waals surface area contributed by atoms with Crippen LogP contribution in [0.3, 0.4) is 0 Å². The Morgan fingerprint density at radius 1 is 1.47 bits per heavy atom. The molecule has 0 spiro atoms. The van der Waals surface area contributed by atoms with Crippen LogP contribution < -0.4 is 10.2 Å². The van der Waals surface area contributed by atoms with Crippen molar-refractivity contribution in [2.24, 2.45) is 0 Å². The van der Waals surface area contributed by atoms with Crippen LogP contribution in [0, 0.1) is 0 Å². The van der Waals surface area contributed by atoms with E-state index in [2.05, 4.69) is 49.3 Å². The van der Waals surface area contributed by atoms with Gasteiger partial charge in [-0.15, -0.1) is 0 Å². The molecule has 3 nitrogen and oxygen atoms in total. The van der Waals surface area contributed by atoms with Gasteiger partial charge in [0, 0.05) is 38.0 Å². The lowest BCUT2D eigenvalue weighted by Crippen LogP contribution is -2.47. The number of hydrogen-bond donors (Lipinski definition) is 1. The summed E-state index contributed by atoms with van der Waals surface area (Å²) in [5.74, 6) is 0. The highest BCUT2D eigenvalue weighted by Gasteiger charge is 2.36. The highest BCUT2D eigenvalue weighted by Crippen LogP contribution is 2.29. The van der Waals surface area contributed by atoms with Crippen molar-refractivity contribution in [1.82, 2.24) is 5.32 Å². The van der Waals surface area contributed by atoms with Crippen molar-refractivity contribution >= 4 is 5.69 Å². The Kier molecular flexibility index (Phi) is 3.27. The normalized spacial score (nSPS) is 29.8. The molecule has 2 aliphatic rings. The molecule has 3 heteroatoms. The first-order valence-corrected chi connectivity index (χ1v) is 7.28. The molecule has 2 aliphatic heterocycles. The molecule has 0 amide bonds. The van der Waals surface area contributed by atoms with Crippen LogP contribution in [-0.2, 0) is 17.7 Å². The van der Waals surface area contributed by atoms with Crippen LogP contribution in [0.5, 0.6) is 0 Å². The third kappa shape index (κ3) is 2.37. The van der Waals surface area contributed by atoms with Crippen molar-refractivity contribution in [2.45, 2.75) is 44.9 Å². The van der Waals surface area contributed by atoms with Crippen LogP contribution in [0.2, 0.25) is 0 Å². The maximum absolute atomic E-state index is 5.68. The van der Waals surface area contributed by atoms with Gasteiger partial charge in [0.2, 0.25) is 0 Å². The Bertz CT molecular complexity index is 474. The molecule has 0 bridgehead atoms. The summed E-state index contributed by atoms with van der Waals surface area (Å²) in [5.41, 5.74) is 4.39. The molecule has 104 valence electrons. The van der Waals surface area contributed by atoms with E-state index in [9.17, 15) is 0 Å². The summed E-state index contributed by atoms with van der Waals surface area (Å²) in [5, 5.41) is 3.69. The number of fused-ring (bicyclic) bond motifs is 1. The predicted octanol–water partition coefficient (Wildman–Crippen LogP) is 2.34. The maximum Gasteiger partial charge on any atom is 0.0726 e. The van der Waals surface area contributed by atoms with Crippen LogP contribution >= 0.6 is 0 Å². The summed E-state index contributed by atoms with van der Waals surface area (Å²) < 4.78 is 5.68. The summed E-state index contributed by atoms with van der Waals surface area (Å²) in [6, 6.07) is 6.86. The minimum absolute atomic E-state index is 0.121. The summed E-state index contributed by atoms with van der Waals surface area (Å²) in [6.45, 7) is 7.39. The van der Waals surface area contributed by atoms with Crippen molar-refractivity contribution in [3.05, 3.63) is 29.3 Å². The topological polar surface area (TPSA) is 24.5 Å². The Balaban J connectivity index is 1.68. The molecular formula is C16H24N2O. The van der Waals surface area contributed by atoms with E-state index in [1.54, 1.807) is 0 Å². The van der Waals surface area contributed by atoms with E-state index in [1.807, 2.05) is 0 Å². The van der Waals surface area contributed by atoms with Crippen LogP contribution in [-0.4, -0.2) is 31.8 Å². The van der Waals surface area contributed by atoms with Crippen LogP contribution in [0.4, 0.5) is 5.69 Å². The van der Waals surface area contributed by atoms with Gasteiger partial charge >= 0.3 is 0 Å². The molecule has 1 saturated heterocycles. The van der Waals surface area contributed by atoms with E-state index < -0.39 is 0 Å². The zero-order chi connectivity index (χ0) is 13.5. The predicted molar refractivity (Wildman–Crippen MR) is 78.7 cm³/mol. The average Bonchev–Trinajstić information content (AvgIpc) is 2.93. The quantitative estimate of drug-likeness (QED) is 0.903. The van der Waals surface area contributed by atoms with Crippen molar-refractivity contribution in [2.75, 3.05) is 25.1 Å². The molecular weight excluding hydrogens is 236 g/mol. The lowest BCUT2D eigenvalue weighted by Gasteiger charge is -2.29. The van der Waals surface area contributed by atoms with Gasteiger partial charge in [-0.05, 0) is 43.9 Å². The van der Waals surface area contributed by atoms with E-state index in [-0.39, 0.29) is 5.54 Å². The number of nitrogens with zero attached hydrogens (tertiary/aromatic N) is 1. The van der Waals surface area contributed by atoms with Gasteiger partial charge in [-0.1, -0.05) is 12.1 Å². The van der Waals surface area contributed by atoms with Gasteiger partial charge in [-0.3, -0.25) is 0 Å². The van der Waals surface area contributed by atoms with Crippen LogP contribution in [0.25, 0.3) is 0 Å². The number of ether oxygens (including phenoxy) is 1. The molecule has 19 heavy (non-hydrogen) atoms. The van der Waals surface area contributed by atoms with E-state index in [1.165, 1.54) is 23.2 Å². The first-order chi connectivity index (χ1) is 9.08. The smallest absolute Gasteiger partial charge is 0.0726 e. The molecule has 0 aliphatic carbocycles. The molecule has 2 unspecified atom stereocenters. The first kappa shape index (κ1) is 12.9. The number of likely N-dealkylation sites (N-methyl/N-ethyl adjacent to an activating group) is 1. The van der Waals surface area contributed by atoms with Crippen molar-refractivity contribution in [1.29, 1.82) is 0 Å². The minimum atomic E-state index is 0.121. The van der Waals surface area contributed by atoms with Crippen LogP contribution in [0.1, 0.15) is 31.4 Å². The zero-order valence-electron chi connectivity index (χ0n) is 12.2. The van der Waals surface area contributed by atoms with Gasteiger partial charge in [-0.2, -0.15) is 0 Å². The maximum atomic E-state index is 5.68. The highest BCUT2D eigenvalue weighted by molar-refractivity contribution is 5.58. The molecule has 2 heterocycles. The summed E-state index contributed by atoms with van der Waals surface area (Å²) >= 11 is 0. The Morgan fingerprint density at radius 2 is 2.32 bits per heavy atom. The number of hydrogen-bond acceptors (Lipinski definition) is 3. The number of benzene rings is 1. The summed E-state index contributed by atoms with van der Waals surface area (Å²) in [6.07, 6.45) is 2.58. The van der Waals surface area contributed by atoms with Crippen molar-refractivity contribution in [3.8, 4) is 0 Å². The standard InChI is InChI=1S/C16H24N2O/c1-12-16(2,7-9-19-12)17-11-13-4-5-15-14(10-13)6-8-18(15)3/h4-5,10,12,17H,6-9,11H2,1-3H3. The van der Waals surface area contributed by atoms with Gasteiger partial charge < -0.3 is 15.0 Å². The van der Waals surface area contributed by atoms with Crippen molar-refractivity contribution in [3.63, 3.8) is 0 Å². The van der Waals surface area contributed by atoms with Crippen molar-refractivity contribution < 1.29 is 4.74 Å².